The van der Waals surface area contributed by atoms with Gasteiger partial charge in [-0.05, 0) is 43.2 Å². The van der Waals surface area contributed by atoms with Gasteiger partial charge in [-0.15, -0.1) is 0 Å². The van der Waals surface area contributed by atoms with E-state index in [1.807, 2.05) is 43.3 Å². The summed E-state index contributed by atoms with van der Waals surface area (Å²) < 4.78 is 16.9. The van der Waals surface area contributed by atoms with Gasteiger partial charge in [0.05, 0.1) is 19.8 Å². The van der Waals surface area contributed by atoms with Crippen molar-refractivity contribution in [2.75, 3.05) is 19.8 Å². The van der Waals surface area contributed by atoms with Crippen LogP contribution in [0.4, 0.5) is 0 Å². The van der Waals surface area contributed by atoms with Crippen molar-refractivity contribution < 1.29 is 14.2 Å². The van der Waals surface area contributed by atoms with Gasteiger partial charge in [-0.25, -0.2) is 0 Å². The minimum absolute atomic E-state index is 0.628. The molecular formula is C19H24O3. The van der Waals surface area contributed by atoms with Crippen LogP contribution in [0.2, 0.25) is 0 Å². The fraction of sp³-hybridized carbons (Fsp3) is 0.368. The van der Waals surface area contributed by atoms with E-state index in [1.54, 1.807) is 0 Å². The van der Waals surface area contributed by atoms with Gasteiger partial charge < -0.3 is 14.2 Å². The van der Waals surface area contributed by atoms with Crippen molar-refractivity contribution in [3.05, 3.63) is 54.1 Å². The van der Waals surface area contributed by atoms with E-state index in [4.69, 9.17) is 14.2 Å². The summed E-state index contributed by atoms with van der Waals surface area (Å²) in [5.41, 5.74) is 1.32. The lowest BCUT2D eigenvalue weighted by Gasteiger charge is -2.09. The normalized spacial score (nSPS) is 10.3. The Hall–Kier alpha value is -2.16. The average molecular weight is 300 g/mol. The first kappa shape index (κ1) is 16.2. The Morgan fingerprint density at radius 1 is 0.727 bits per heavy atom. The Labute approximate surface area is 132 Å². The molecule has 0 atom stereocenters. The summed E-state index contributed by atoms with van der Waals surface area (Å²) in [6.07, 6.45) is 1.89. The first-order valence-corrected chi connectivity index (χ1v) is 7.89. The van der Waals surface area contributed by atoms with E-state index in [0.29, 0.717) is 19.8 Å². The van der Waals surface area contributed by atoms with Gasteiger partial charge in [0, 0.05) is 12.5 Å². The lowest BCUT2D eigenvalue weighted by atomic mass is 10.2. The highest BCUT2D eigenvalue weighted by molar-refractivity contribution is 5.32. The first-order valence-electron chi connectivity index (χ1n) is 7.89. The van der Waals surface area contributed by atoms with Gasteiger partial charge in [0.2, 0.25) is 0 Å². The Balaban J connectivity index is 1.67. The zero-order valence-electron chi connectivity index (χ0n) is 13.4. The molecule has 22 heavy (non-hydrogen) atoms. The lowest BCUT2D eigenvalue weighted by molar-refractivity contribution is 0.246. The molecule has 3 heteroatoms. The molecule has 2 rings (SSSR count). The molecule has 0 fully saturated rings. The van der Waals surface area contributed by atoms with Crippen molar-refractivity contribution in [1.82, 2.24) is 0 Å². The van der Waals surface area contributed by atoms with Crippen molar-refractivity contribution >= 4 is 0 Å². The monoisotopic (exact) mass is 300 g/mol. The molecule has 3 nitrogen and oxygen atoms in total. The summed E-state index contributed by atoms with van der Waals surface area (Å²) in [6.45, 7) is 6.05. The summed E-state index contributed by atoms with van der Waals surface area (Å²) in [5.74, 6) is 2.58. The molecular weight excluding hydrogens is 276 g/mol. The molecule has 0 aliphatic rings. The van der Waals surface area contributed by atoms with Gasteiger partial charge in [-0.1, -0.05) is 25.1 Å². The summed E-state index contributed by atoms with van der Waals surface area (Å²) in [5, 5.41) is 0. The molecule has 0 spiro atoms. The standard InChI is InChI=1S/C19H24O3/c1-3-16-9-11-17(12-10-16)21-13-6-14-22-19-8-5-7-18(15-19)20-4-2/h5,7-12,15H,3-4,6,13-14H2,1-2H3. The molecule has 2 aromatic rings. The molecule has 0 heterocycles. The van der Waals surface area contributed by atoms with E-state index in [9.17, 15) is 0 Å². The zero-order valence-corrected chi connectivity index (χ0v) is 13.4. The van der Waals surface area contributed by atoms with Crippen molar-refractivity contribution in [2.24, 2.45) is 0 Å². The van der Waals surface area contributed by atoms with Crippen molar-refractivity contribution in [3.8, 4) is 17.2 Å². The maximum absolute atomic E-state index is 5.71. The van der Waals surface area contributed by atoms with Crippen LogP contribution < -0.4 is 14.2 Å². The van der Waals surface area contributed by atoms with Crippen molar-refractivity contribution in [1.29, 1.82) is 0 Å². The molecule has 2 aromatic carbocycles. The minimum atomic E-state index is 0.628. The highest BCUT2D eigenvalue weighted by Crippen LogP contribution is 2.19. The Morgan fingerprint density at radius 2 is 1.36 bits per heavy atom. The van der Waals surface area contributed by atoms with E-state index in [0.717, 1.165) is 30.1 Å². The molecule has 0 aliphatic heterocycles. The van der Waals surface area contributed by atoms with Crippen LogP contribution in [0.25, 0.3) is 0 Å². The minimum Gasteiger partial charge on any atom is -0.494 e. The van der Waals surface area contributed by atoms with Crippen LogP contribution in [0.5, 0.6) is 17.2 Å². The van der Waals surface area contributed by atoms with E-state index in [2.05, 4.69) is 19.1 Å². The van der Waals surface area contributed by atoms with Gasteiger partial charge in [-0.2, -0.15) is 0 Å². The molecule has 0 N–H and O–H groups in total. The molecule has 0 bridgehead atoms. The van der Waals surface area contributed by atoms with E-state index in [-0.39, 0.29) is 0 Å². The van der Waals surface area contributed by atoms with Crippen molar-refractivity contribution in [2.45, 2.75) is 26.7 Å². The van der Waals surface area contributed by atoms with Gasteiger partial charge >= 0.3 is 0 Å². The SMILES string of the molecule is CCOc1cccc(OCCCOc2ccc(CC)cc2)c1. The Kier molecular flexibility index (Phi) is 6.62. The third-order valence-electron chi connectivity index (χ3n) is 3.27. The molecule has 0 amide bonds. The van der Waals surface area contributed by atoms with Crippen LogP contribution in [0.15, 0.2) is 48.5 Å². The average Bonchev–Trinajstić information content (AvgIpc) is 2.56. The zero-order chi connectivity index (χ0) is 15.6. The van der Waals surface area contributed by atoms with Crippen LogP contribution in [0, 0.1) is 0 Å². The predicted molar refractivity (Wildman–Crippen MR) is 89.0 cm³/mol. The van der Waals surface area contributed by atoms with Crippen LogP contribution in [-0.4, -0.2) is 19.8 Å². The second kappa shape index (κ2) is 8.98. The fourth-order valence-electron chi connectivity index (χ4n) is 2.08. The van der Waals surface area contributed by atoms with Gasteiger partial charge in [0.15, 0.2) is 0 Å². The molecule has 0 radical (unpaired) electrons. The Bertz CT molecular complexity index is 549. The Morgan fingerprint density at radius 3 is 2.00 bits per heavy atom. The van der Waals surface area contributed by atoms with E-state index >= 15 is 0 Å². The summed E-state index contributed by atoms with van der Waals surface area (Å²) >= 11 is 0. The number of hydrogen-bond donors (Lipinski definition) is 0. The first-order chi connectivity index (χ1) is 10.8. The predicted octanol–water partition coefficient (Wildman–Crippen LogP) is 4.50. The largest absolute Gasteiger partial charge is 0.494 e. The number of hydrogen-bond acceptors (Lipinski definition) is 3. The quantitative estimate of drug-likeness (QED) is 0.638. The number of rotatable bonds is 9. The van der Waals surface area contributed by atoms with Crippen LogP contribution in [0.1, 0.15) is 25.8 Å². The second-order valence-corrected chi connectivity index (χ2v) is 4.96. The topological polar surface area (TPSA) is 27.7 Å². The smallest absolute Gasteiger partial charge is 0.122 e. The third kappa shape index (κ3) is 5.32. The van der Waals surface area contributed by atoms with E-state index < -0.39 is 0 Å². The molecule has 118 valence electrons. The number of aryl methyl sites for hydroxylation is 1. The summed E-state index contributed by atoms with van der Waals surface area (Å²) in [6, 6.07) is 16.0. The summed E-state index contributed by atoms with van der Waals surface area (Å²) in [7, 11) is 0. The van der Waals surface area contributed by atoms with Gasteiger partial charge in [0.1, 0.15) is 17.2 Å². The third-order valence-corrected chi connectivity index (χ3v) is 3.27. The fourth-order valence-corrected chi connectivity index (χ4v) is 2.08. The maximum atomic E-state index is 5.71. The van der Waals surface area contributed by atoms with Crippen LogP contribution in [0.3, 0.4) is 0 Å². The number of ether oxygens (including phenoxy) is 3. The maximum Gasteiger partial charge on any atom is 0.122 e. The highest BCUT2D eigenvalue weighted by atomic mass is 16.5. The van der Waals surface area contributed by atoms with Gasteiger partial charge in [-0.3, -0.25) is 0 Å². The number of benzene rings is 2. The van der Waals surface area contributed by atoms with Crippen molar-refractivity contribution in [3.63, 3.8) is 0 Å². The highest BCUT2D eigenvalue weighted by Gasteiger charge is 1.98. The molecule has 0 saturated carbocycles. The lowest BCUT2D eigenvalue weighted by Crippen LogP contribution is -2.05. The van der Waals surface area contributed by atoms with Crippen LogP contribution in [-0.2, 0) is 6.42 Å². The second-order valence-electron chi connectivity index (χ2n) is 4.96. The summed E-state index contributed by atoms with van der Waals surface area (Å²) in [4.78, 5) is 0. The molecule has 0 saturated heterocycles. The van der Waals surface area contributed by atoms with Gasteiger partial charge in [0.25, 0.3) is 0 Å². The molecule has 0 aliphatic carbocycles. The van der Waals surface area contributed by atoms with Crippen LogP contribution >= 0.6 is 0 Å². The molecule has 0 unspecified atom stereocenters. The molecule has 0 aromatic heterocycles. The van der Waals surface area contributed by atoms with E-state index in [1.165, 1.54) is 5.56 Å².